The van der Waals surface area contributed by atoms with Crippen LogP contribution < -0.4 is 10.9 Å². The third kappa shape index (κ3) is 4.70. The normalized spacial score (nSPS) is 13.3. The van der Waals surface area contributed by atoms with Gasteiger partial charge in [0.05, 0.1) is 6.10 Å². The van der Waals surface area contributed by atoms with Gasteiger partial charge in [0, 0.05) is 23.7 Å². The summed E-state index contributed by atoms with van der Waals surface area (Å²) >= 11 is 0. The van der Waals surface area contributed by atoms with E-state index in [0.29, 0.717) is 12.1 Å². The molecule has 0 aliphatic heterocycles. The minimum Gasteiger partial charge on any atom is -0.392 e. The summed E-state index contributed by atoms with van der Waals surface area (Å²) in [6.07, 6.45) is 1.10. The molecule has 0 fully saturated rings. The van der Waals surface area contributed by atoms with Crippen molar-refractivity contribution in [3.05, 3.63) is 34.2 Å². The van der Waals surface area contributed by atoms with E-state index in [1.807, 2.05) is 27.7 Å². The first-order valence-corrected chi connectivity index (χ1v) is 7.26. The van der Waals surface area contributed by atoms with E-state index in [4.69, 9.17) is 0 Å². The van der Waals surface area contributed by atoms with Gasteiger partial charge in [-0.05, 0) is 18.9 Å². The fraction of sp³-hybridized carbons (Fsp3) is 0.625. The molecule has 0 aliphatic carbocycles. The summed E-state index contributed by atoms with van der Waals surface area (Å²) in [7, 11) is 0. The lowest BCUT2D eigenvalue weighted by molar-refractivity contribution is -0.122. The van der Waals surface area contributed by atoms with Gasteiger partial charge in [0.25, 0.3) is 5.56 Å². The van der Waals surface area contributed by atoms with E-state index in [0.717, 1.165) is 0 Å². The first-order valence-electron chi connectivity index (χ1n) is 7.26. The predicted octanol–water partition coefficient (Wildman–Crippen LogP) is 1.32. The van der Waals surface area contributed by atoms with Gasteiger partial charge in [0.1, 0.15) is 6.54 Å². The molecule has 0 aliphatic rings. The quantitative estimate of drug-likeness (QED) is 0.831. The molecule has 2 N–H and O–H groups in total. The van der Waals surface area contributed by atoms with Gasteiger partial charge in [-0.1, -0.05) is 33.8 Å². The fourth-order valence-corrected chi connectivity index (χ4v) is 2.33. The van der Waals surface area contributed by atoms with E-state index in [9.17, 15) is 14.7 Å². The molecule has 118 valence electrons. The van der Waals surface area contributed by atoms with Crippen molar-refractivity contribution in [2.24, 2.45) is 11.3 Å². The predicted molar refractivity (Wildman–Crippen MR) is 83.1 cm³/mol. The van der Waals surface area contributed by atoms with Crippen molar-refractivity contribution in [1.29, 1.82) is 0 Å². The molecule has 21 heavy (non-hydrogen) atoms. The maximum atomic E-state index is 12.0. The van der Waals surface area contributed by atoms with Crippen molar-refractivity contribution in [2.75, 3.05) is 6.54 Å². The number of amides is 1. The zero-order chi connectivity index (χ0) is 16.2. The second-order valence-electron chi connectivity index (χ2n) is 6.58. The van der Waals surface area contributed by atoms with Gasteiger partial charge in [-0.15, -0.1) is 0 Å². The molecular weight excluding hydrogens is 268 g/mol. The van der Waals surface area contributed by atoms with Crippen molar-refractivity contribution in [3.8, 4) is 0 Å². The maximum absolute atomic E-state index is 12.0. The standard InChI is InChI=1S/C16H26N2O3/c1-11(2)14(20)16(4,5)10-17-13(19)9-18-8-6-7-12(3)15(18)21/h6-8,11,14,20H,9-10H2,1-5H3,(H,17,19). The van der Waals surface area contributed by atoms with E-state index in [-0.39, 0.29) is 23.9 Å². The molecule has 1 heterocycles. The Labute approximate surface area is 126 Å². The van der Waals surface area contributed by atoms with Gasteiger partial charge in [0.15, 0.2) is 0 Å². The summed E-state index contributed by atoms with van der Waals surface area (Å²) < 4.78 is 1.39. The number of aromatic nitrogens is 1. The Kier molecular flexibility index (Phi) is 5.72. The van der Waals surface area contributed by atoms with Crippen LogP contribution in [0.15, 0.2) is 23.1 Å². The van der Waals surface area contributed by atoms with Crippen molar-refractivity contribution in [3.63, 3.8) is 0 Å². The molecule has 0 saturated carbocycles. The Morgan fingerprint density at radius 1 is 1.43 bits per heavy atom. The number of hydrogen-bond donors (Lipinski definition) is 2. The number of carbonyl (C=O) groups excluding carboxylic acids is 1. The monoisotopic (exact) mass is 294 g/mol. The Balaban J connectivity index is 2.63. The maximum Gasteiger partial charge on any atom is 0.253 e. The van der Waals surface area contributed by atoms with Crippen LogP contribution in [0.4, 0.5) is 0 Å². The average molecular weight is 294 g/mol. The summed E-state index contributed by atoms with van der Waals surface area (Å²) in [6.45, 7) is 9.80. The Morgan fingerprint density at radius 3 is 2.62 bits per heavy atom. The molecule has 1 atom stereocenters. The molecule has 1 unspecified atom stereocenters. The Bertz CT molecular complexity index is 547. The minimum atomic E-state index is -0.500. The highest BCUT2D eigenvalue weighted by Gasteiger charge is 2.30. The second kappa shape index (κ2) is 6.89. The van der Waals surface area contributed by atoms with Gasteiger partial charge < -0.3 is 15.0 Å². The van der Waals surface area contributed by atoms with Crippen LogP contribution >= 0.6 is 0 Å². The molecule has 0 bridgehead atoms. The molecule has 1 amide bonds. The zero-order valence-electron chi connectivity index (χ0n) is 13.5. The topological polar surface area (TPSA) is 71.3 Å². The smallest absolute Gasteiger partial charge is 0.253 e. The van der Waals surface area contributed by atoms with Crippen molar-refractivity contribution in [1.82, 2.24) is 9.88 Å². The number of carbonyl (C=O) groups is 1. The minimum absolute atomic E-state index is 0.00559. The molecule has 0 radical (unpaired) electrons. The van der Waals surface area contributed by atoms with Crippen LogP contribution in [0, 0.1) is 18.3 Å². The largest absolute Gasteiger partial charge is 0.392 e. The van der Waals surface area contributed by atoms with Crippen molar-refractivity contribution < 1.29 is 9.90 Å². The van der Waals surface area contributed by atoms with Crippen LogP contribution in [0.5, 0.6) is 0 Å². The first kappa shape index (κ1) is 17.4. The van der Waals surface area contributed by atoms with E-state index in [2.05, 4.69) is 5.32 Å². The van der Waals surface area contributed by atoms with Gasteiger partial charge >= 0.3 is 0 Å². The third-order valence-corrected chi connectivity index (χ3v) is 3.70. The summed E-state index contributed by atoms with van der Waals surface area (Å²) in [5.41, 5.74) is 0.0384. The average Bonchev–Trinajstić information content (AvgIpc) is 2.41. The fourth-order valence-electron chi connectivity index (χ4n) is 2.33. The van der Waals surface area contributed by atoms with Gasteiger partial charge in [-0.25, -0.2) is 0 Å². The van der Waals surface area contributed by atoms with Crippen LogP contribution in [-0.4, -0.2) is 28.2 Å². The number of aliphatic hydroxyl groups excluding tert-OH is 1. The van der Waals surface area contributed by atoms with Crippen LogP contribution in [0.3, 0.4) is 0 Å². The molecule has 1 aromatic rings. The lowest BCUT2D eigenvalue weighted by Gasteiger charge is -2.33. The lowest BCUT2D eigenvalue weighted by atomic mass is 9.81. The molecule has 5 heteroatoms. The highest BCUT2D eigenvalue weighted by atomic mass is 16.3. The van der Waals surface area contributed by atoms with E-state index >= 15 is 0 Å². The lowest BCUT2D eigenvalue weighted by Crippen LogP contribution is -2.44. The number of aliphatic hydroxyl groups is 1. The van der Waals surface area contributed by atoms with Crippen LogP contribution in [0.2, 0.25) is 0 Å². The van der Waals surface area contributed by atoms with Gasteiger partial charge in [-0.3, -0.25) is 9.59 Å². The Hall–Kier alpha value is -1.62. The summed E-state index contributed by atoms with van der Waals surface area (Å²) in [4.78, 5) is 23.8. The highest BCUT2D eigenvalue weighted by molar-refractivity contribution is 5.75. The molecule has 5 nitrogen and oxygen atoms in total. The third-order valence-electron chi connectivity index (χ3n) is 3.70. The first-order chi connectivity index (χ1) is 9.65. The highest BCUT2D eigenvalue weighted by Crippen LogP contribution is 2.24. The number of rotatable bonds is 6. The molecule has 0 aromatic carbocycles. The molecule has 0 saturated heterocycles. The number of hydrogen-bond acceptors (Lipinski definition) is 3. The number of aryl methyl sites for hydroxylation is 1. The molecule has 1 aromatic heterocycles. The number of nitrogens with zero attached hydrogens (tertiary/aromatic N) is 1. The summed E-state index contributed by atoms with van der Waals surface area (Å²) in [6, 6.07) is 3.47. The molecular formula is C16H26N2O3. The summed E-state index contributed by atoms with van der Waals surface area (Å²) in [5, 5.41) is 12.9. The van der Waals surface area contributed by atoms with Crippen molar-refractivity contribution >= 4 is 5.91 Å². The Morgan fingerprint density at radius 2 is 2.05 bits per heavy atom. The van der Waals surface area contributed by atoms with Crippen LogP contribution in [-0.2, 0) is 11.3 Å². The van der Waals surface area contributed by atoms with Gasteiger partial charge in [0.2, 0.25) is 5.91 Å². The van der Waals surface area contributed by atoms with E-state index in [1.165, 1.54) is 4.57 Å². The van der Waals surface area contributed by atoms with Crippen molar-refractivity contribution in [2.45, 2.75) is 47.3 Å². The molecule has 0 spiro atoms. The van der Waals surface area contributed by atoms with Crippen LogP contribution in [0.25, 0.3) is 0 Å². The van der Waals surface area contributed by atoms with Gasteiger partial charge in [-0.2, -0.15) is 0 Å². The summed E-state index contributed by atoms with van der Waals surface area (Å²) in [5.74, 6) is -0.108. The molecule has 1 rings (SSSR count). The van der Waals surface area contributed by atoms with E-state index < -0.39 is 11.5 Å². The zero-order valence-corrected chi connectivity index (χ0v) is 13.5. The number of pyridine rings is 1. The number of nitrogens with one attached hydrogen (secondary N) is 1. The SMILES string of the molecule is Cc1cccn(CC(=O)NCC(C)(C)C(O)C(C)C)c1=O. The van der Waals surface area contributed by atoms with E-state index in [1.54, 1.807) is 25.3 Å². The van der Waals surface area contributed by atoms with Crippen LogP contribution in [0.1, 0.15) is 33.3 Å². The second-order valence-corrected chi connectivity index (χ2v) is 6.58.